The summed E-state index contributed by atoms with van der Waals surface area (Å²) < 4.78 is 17.0. The maximum Gasteiger partial charge on any atom is 0.306 e. The Morgan fingerprint density at radius 2 is 0.450 bits per heavy atom. The molecule has 468 valence electrons. The summed E-state index contributed by atoms with van der Waals surface area (Å²) in [6.07, 6.45) is 87.0. The van der Waals surface area contributed by atoms with Crippen molar-refractivity contribution in [2.24, 2.45) is 0 Å². The first kappa shape index (κ1) is 77.4. The van der Waals surface area contributed by atoms with E-state index in [2.05, 4.69) is 69.4 Å². The topological polar surface area (TPSA) is 78.9 Å². The first-order chi connectivity index (χ1) is 39.5. The number of carbonyl (C=O) groups excluding carboxylic acids is 3. The van der Waals surface area contributed by atoms with Crippen molar-refractivity contribution in [3.8, 4) is 0 Å². The lowest BCUT2D eigenvalue weighted by Gasteiger charge is -2.18. The van der Waals surface area contributed by atoms with Crippen LogP contribution in [0.25, 0.3) is 0 Å². The molecule has 0 aliphatic rings. The quantitative estimate of drug-likeness (QED) is 0.0261. The van der Waals surface area contributed by atoms with Crippen molar-refractivity contribution in [1.29, 1.82) is 0 Å². The Kier molecular flexibility index (Phi) is 66.6. The number of carbonyl (C=O) groups is 3. The maximum atomic E-state index is 13.0. The van der Waals surface area contributed by atoms with E-state index in [1.54, 1.807) is 0 Å². The van der Waals surface area contributed by atoms with Crippen molar-refractivity contribution in [1.82, 2.24) is 0 Å². The van der Waals surface area contributed by atoms with Crippen LogP contribution in [0.3, 0.4) is 0 Å². The van der Waals surface area contributed by atoms with E-state index < -0.39 is 6.10 Å². The standard InChI is InChI=1S/C74H136O6/c1-4-7-10-13-16-19-22-25-28-31-34-36-37-39-40-43-46-49-52-55-58-61-64-67-73(76)79-70-71(69-78-72(75)66-63-60-57-54-51-48-45-42-33-30-27-24-21-18-15-12-9-6-3)80-74(77)68-65-62-59-56-53-50-47-44-41-38-35-32-29-26-23-20-17-14-11-8-5-2/h21-22,24-25,30-31,33-34,71H,4-20,23,26-29,32,35-70H2,1-3H3/b24-21-,25-22-,33-30-,34-31-. The fourth-order valence-corrected chi connectivity index (χ4v) is 10.7. The normalized spacial score (nSPS) is 12.3. The second-order valence-electron chi connectivity index (χ2n) is 24.1. The van der Waals surface area contributed by atoms with Crippen LogP contribution < -0.4 is 0 Å². The van der Waals surface area contributed by atoms with Crippen molar-refractivity contribution >= 4 is 17.9 Å². The van der Waals surface area contributed by atoms with E-state index in [-0.39, 0.29) is 31.1 Å². The van der Waals surface area contributed by atoms with Gasteiger partial charge in [0.1, 0.15) is 13.2 Å². The minimum atomic E-state index is -0.777. The number of esters is 3. The van der Waals surface area contributed by atoms with Crippen LogP contribution in [0.1, 0.15) is 387 Å². The molecular weight excluding hydrogens is 985 g/mol. The van der Waals surface area contributed by atoms with Gasteiger partial charge in [-0.2, -0.15) is 0 Å². The lowest BCUT2D eigenvalue weighted by atomic mass is 10.0. The van der Waals surface area contributed by atoms with Gasteiger partial charge in [0.2, 0.25) is 0 Å². The van der Waals surface area contributed by atoms with E-state index in [0.717, 1.165) is 77.0 Å². The minimum Gasteiger partial charge on any atom is -0.462 e. The maximum absolute atomic E-state index is 13.0. The van der Waals surface area contributed by atoms with Crippen molar-refractivity contribution in [2.75, 3.05) is 13.2 Å². The number of allylic oxidation sites excluding steroid dienone is 8. The molecule has 1 unspecified atom stereocenters. The molecule has 0 fully saturated rings. The fraction of sp³-hybridized carbons (Fsp3) is 0.851. The van der Waals surface area contributed by atoms with Gasteiger partial charge in [-0.15, -0.1) is 0 Å². The summed E-state index contributed by atoms with van der Waals surface area (Å²) >= 11 is 0. The number of hydrogen-bond acceptors (Lipinski definition) is 6. The lowest BCUT2D eigenvalue weighted by molar-refractivity contribution is -0.167. The average molecular weight is 1120 g/mol. The Bertz CT molecular complexity index is 1380. The molecule has 0 bridgehead atoms. The van der Waals surface area contributed by atoms with Gasteiger partial charge in [-0.3, -0.25) is 14.4 Å². The highest BCUT2D eigenvalue weighted by Crippen LogP contribution is 2.18. The van der Waals surface area contributed by atoms with Crippen molar-refractivity contribution in [3.63, 3.8) is 0 Å². The van der Waals surface area contributed by atoms with E-state index >= 15 is 0 Å². The molecule has 6 nitrogen and oxygen atoms in total. The summed E-state index contributed by atoms with van der Waals surface area (Å²) in [5, 5.41) is 0. The van der Waals surface area contributed by atoms with Crippen LogP contribution in [-0.2, 0) is 28.6 Å². The zero-order chi connectivity index (χ0) is 57.8. The van der Waals surface area contributed by atoms with Gasteiger partial charge in [-0.05, 0) is 83.5 Å². The van der Waals surface area contributed by atoms with Crippen molar-refractivity contribution < 1.29 is 28.6 Å². The highest BCUT2D eigenvalue weighted by molar-refractivity contribution is 5.71. The van der Waals surface area contributed by atoms with Gasteiger partial charge in [0, 0.05) is 19.3 Å². The van der Waals surface area contributed by atoms with Crippen molar-refractivity contribution in [3.05, 3.63) is 48.6 Å². The molecule has 0 saturated carbocycles. The molecule has 0 heterocycles. The van der Waals surface area contributed by atoms with Gasteiger partial charge in [-0.1, -0.05) is 333 Å². The molecular formula is C74H136O6. The highest BCUT2D eigenvalue weighted by atomic mass is 16.6. The largest absolute Gasteiger partial charge is 0.462 e. The molecule has 0 aromatic rings. The van der Waals surface area contributed by atoms with Crippen LogP contribution >= 0.6 is 0 Å². The Morgan fingerprint density at radius 3 is 0.700 bits per heavy atom. The number of ether oxygens (including phenoxy) is 3. The third-order valence-electron chi connectivity index (χ3n) is 16.1. The van der Waals surface area contributed by atoms with E-state index in [1.165, 1.54) is 270 Å². The predicted molar refractivity (Wildman–Crippen MR) is 349 cm³/mol. The predicted octanol–water partition coefficient (Wildman–Crippen LogP) is 24.5. The third-order valence-corrected chi connectivity index (χ3v) is 16.1. The molecule has 0 aromatic carbocycles. The fourth-order valence-electron chi connectivity index (χ4n) is 10.7. The van der Waals surface area contributed by atoms with Crippen LogP contribution in [0.4, 0.5) is 0 Å². The molecule has 6 heteroatoms. The van der Waals surface area contributed by atoms with Crippen LogP contribution in [-0.4, -0.2) is 37.2 Å². The summed E-state index contributed by atoms with van der Waals surface area (Å²) in [6, 6.07) is 0. The van der Waals surface area contributed by atoms with Crippen LogP contribution in [0.15, 0.2) is 48.6 Å². The first-order valence-corrected chi connectivity index (χ1v) is 35.6. The Hall–Kier alpha value is -2.63. The Morgan fingerprint density at radius 1 is 0.250 bits per heavy atom. The van der Waals surface area contributed by atoms with Gasteiger partial charge in [0.05, 0.1) is 0 Å². The van der Waals surface area contributed by atoms with Gasteiger partial charge in [0.25, 0.3) is 0 Å². The zero-order valence-electron chi connectivity index (χ0n) is 53.9. The van der Waals surface area contributed by atoms with E-state index in [0.29, 0.717) is 19.3 Å². The highest BCUT2D eigenvalue weighted by Gasteiger charge is 2.19. The molecule has 80 heavy (non-hydrogen) atoms. The molecule has 0 aliphatic carbocycles. The lowest BCUT2D eigenvalue weighted by Crippen LogP contribution is -2.30. The molecule has 0 aliphatic heterocycles. The second kappa shape index (κ2) is 68.9. The molecule has 0 saturated heterocycles. The minimum absolute atomic E-state index is 0.0726. The number of unbranched alkanes of at least 4 members (excludes halogenated alkanes) is 47. The van der Waals surface area contributed by atoms with Crippen LogP contribution in [0, 0.1) is 0 Å². The van der Waals surface area contributed by atoms with Crippen LogP contribution in [0.2, 0.25) is 0 Å². The number of rotatable bonds is 66. The van der Waals surface area contributed by atoms with E-state index in [4.69, 9.17) is 14.2 Å². The summed E-state index contributed by atoms with van der Waals surface area (Å²) in [5.41, 5.74) is 0. The van der Waals surface area contributed by atoms with Crippen molar-refractivity contribution in [2.45, 2.75) is 393 Å². The molecule has 0 rings (SSSR count). The summed E-state index contributed by atoms with van der Waals surface area (Å²) in [6.45, 7) is 6.68. The van der Waals surface area contributed by atoms with Gasteiger partial charge in [-0.25, -0.2) is 0 Å². The van der Waals surface area contributed by atoms with Gasteiger partial charge >= 0.3 is 17.9 Å². The zero-order valence-corrected chi connectivity index (χ0v) is 53.9. The summed E-state index contributed by atoms with van der Waals surface area (Å²) in [5.74, 6) is -0.854. The number of hydrogen-bond donors (Lipinski definition) is 0. The SMILES string of the molecule is CCCCCC/C=C\C/C=C\CCCCCCCCCC(=O)OCC(COC(=O)CCCCCCCCCCCCC/C=C\C/C=C\CCCCCCC)OC(=O)CCCCCCCCCCCCCCCCCCCCCCC. The van der Waals surface area contributed by atoms with Crippen LogP contribution in [0.5, 0.6) is 0 Å². The second-order valence-corrected chi connectivity index (χ2v) is 24.1. The third kappa shape index (κ3) is 66.2. The smallest absolute Gasteiger partial charge is 0.306 e. The Labute approximate surface area is 498 Å². The summed E-state index contributed by atoms with van der Waals surface area (Å²) in [7, 11) is 0. The first-order valence-electron chi connectivity index (χ1n) is 35.6. The molecule has 1 atom stereocenters. The van der Waals surface area contributed by atoms with Gasteiger partial charge < -0.3 is 14.2 Å². The molecule has 0 spiro atoms. The monoisotopic (exact) mass is 1120 g/mol. The molecule has 0 aromatic heterocycles. The van der Waals surface area contributed by atoms with E-state index in [9.17, 15) is 14.4 Å². The average Bonchev–Trinajstić information content (AvgIpc) is 3.46. The van der Waals surface area contributed by atoms with Gasteiger partial charge in [0.15, 0.2) is 6.10 Å². The van der Waals surface area contributed by atoms with E-state index in [1.807, 2.05) is 0 Å². The molecule has 0 N–H and O–H groups in total. The summed E-state index contributed by atoms with van der Waals surface area (Å²) in [4.78, 5) is 38.5. The Balaban J connectivity index is 4.33. The molecule has 0 amide bonds. The molecule has 0 radical (unpaired) electrons.